The summed E-state index contributed by atoms with van der Waals surface area (Å²) in [7, 11) is 0. The lowest BCUT2D eigenvalue weighted by atomic mass is 10.0. The van der Waals surface area contributed by atoms with Crippen LogP contribution in [0.15, 0.2) is 37.2 Å². The average molecular weight is 235 g/mol. The van der Waals surface area contributed by atoms with Crippen LogP contribution in [0.25, 0.3) is 0 Å². The highest BCUT2D eigenvalue weighted by Gasteiger charge is 2.11. The lowest BCUT2D eigenvalue weighted by Crippen LogP contribution is -2.32. The molecule has 92 valence electrons. The molecule has 0 aliphatic carbocycles. The number of hydrogen-bond acceptors (Lipinski definition) is 4. The van der Waals surface area contributed by atoms with E-state index in [1.807, 2.05) is 12.1 Å². The molecule has 1 amide bonds. The smallest absolute Gasteiger partial charge is 0.407 e. The number of alkyl carbamates (subject to hydrolysis) is 1. The van der Waals surface area contributed by atoms with E-state index < -0.39 is 6.09 Å². The summed E-state index contributed by atoms with van der Waals surface area (Å²) in [5, 5.41) is 2.65. The lowest BCUT2D eigenvalue weighted by Gasteiger charge is -2.15. The van der Waals surface area contributed by atoms with Crippen LogP contribution in [0, 0.1) is 0 Å². The molecule has 0 bridgehead atoms. The van der Waals surface area contributed by atoms with Crippen LogP contribution in [0.2, 0.25) is 0 Å². The second-order valence-electron chi connectivity index (χ2n) is 3.49. The van der Waals surface area contributed by atoms with Gasteiger partial charge in [0.25, 0.3) is 0 Å². The number of ether oxygens (including phenoxy) is 1. The molecule has 5 heteroatoms. The van der Waals surface area contributed by atoms with E-state index >= 15 is 0 Å². The van der Waals surface area contributed by atoms with Gasteiger partial charge in [-0.25, -0.2) is 4.79 Å². The molecule has 0 aliphatic rings. The van der Waals surface area contributed by atoms with E-state index in [-0.39, 0.29) is 12.5 Å². The molecule has 1 rings (SSSR count). The standard InChI is InChI=1S/C12H17N3O2/c1-2-6-17-12(16)15-9-11(7-13)10-4-3-5-14-8-10/h2-5,8,11H,1,6-7,9,13H2,(H,15,16)/t11-/m1/s1. The van der Waals surface area contributed by atoms with Gasteiger partial charge in [-0.15, -0.1) is 0 Å². The van der Waals surface area contributed by atoms with Gasteiger partial charge < -0.3 is 15.8 Å². The Hall–Kier alpha value is -1.88. The van der Waals surface area contributed by atoms with Gasteiger partial charge in [-0.3, -0.25) is 4.98 Å². The molecule has 1 aromatic rings. The van der Waals surface area contributed by atoms with E-state index in [1.54, 1.807) is 12.4 Å². The minimum absolute atomic E-state index is 0.0416. The van der Waals surface area contributed by atoms with Crippen LogP contribution in [0.4, 0.5) is 4.79 Å². The molecular formula is C12H17N3O2. The molecule has 17 heavy (non-hydrogen) atoms. The van der Waals surface area contributed by atoms with Gasteiger partial charge in [0, 0.05) is 31.4 Å². The fourth-order valence-corrected chi connectivity index (χ4v) is 1.35. The summed E-state index contributed by atoms with van der Waals surface area (Å²) in [5.74, 6) is 0.0416. The summed E-state index contributed by atoms with van der Waals surface area (Å²) in [6.45, 7) is 4.53. The second kappa shape index (κ2) is 7.40. The van der Waals surface area contributed by atoms with Crippen molar-refractivity contribution in [2.24, 2.45) is 5.73 Å². The van der Waals surface area contributed by atoms with Crippen molar-refractivity contribution in [2.75, 3.05) is 19.7 Å². The maximum absolute atomic E-state index is 11.2. The number of nitrogens with one attached hydrogen (secondary N) is 1. The fraction of sp³-hybridized carbons (Fsp3) is 0.333. The molecule has 1 aromatic heterocycles. The predicted octanol–water partition coefficient (Wildman–Crippen LogP) is 1.04. The summed E-state index contributed by atoms with van der Waals surface area (Å²) < 4.78 is 4.80. The number of nitrogens with zero attached hydrogens (tertiary/aromatic N) is 1. The van der Waals surface area contributed by atoms with Crippen LogP contribution in [0.5, 0.6) is 0 Å². The Labute approximate surface area is 101 Å². The predicted molar refractivity (Wildman–Crippen MR) is 65.6 cm³/mol. The Balaban J connectivity index is 2.43. The third-order valence-corrected chi connectivity index (χ3v) is 2.27. The van der Waals surface area contributed by atoms with Crippen molar-refractivity contribution < 1.29 is 9.53 Å². The van der Waals surface area contributed by atoms with Gasteiger partial charge in [-0.05, 0) is 11.6 Å². The van der Waals surface area contributed by atoms with Crippen LogP contribution in [-0.2, 0) is 4.74 Å². The number of nitrogens with two attached hydrogens (primary N) is 1. The van der Waals surface area contributed by atoms with Crippen molar-refractivity contribution in [2.45, 2.75) is 5.92 Å². The van der Waals surface area contributed by atoms with E-state index in [4.69, 9.17) is 10.5 Å². The minimum atomic E-state index is -0.466. The highest BCUT2D eigenvalue weighted by Crippen LogP contribution is 2.11. The second-order valence-corrected chi connectivity index (χ2v) is 3.49. The van der Waals surface area contributed by atoms with Crippen molar-refractivity contribution in [3.05, 3.63) is 42.7 Å². The highest BCUT2D eigenvalue weighted by molar-refractivity contribution is 5.67. The monoisotopic (exact) mass is 235 g/mol. The highest BCUT2D eigenvalue weighted by atomic mass is 16.5. The number of hydrogen-bond donors (Lipinski definition) is 2. The number of carbonyl (C=O) groups is 1. The Morgan fingerprint density at radius 3 is 3.12 bits per heavy atom. The van der Waals surface area contributed by atoms with E-state index in [0.29, 0.717) is 13.1 Å². The summed E-state index contributed by atoms with van der Waals surface area (Å²) in [6, 6.07) is 3.77. The zero-order valence-electron chi connectivity index (χ0n) is 9.63. The van der Waals surface area contributed by atoms with Gasteiger partial charge in [-0.1, -0.05) is 18.7 Å². The Morgan fingerprint density at radius 2 is 2.53 bits per heavy atom. The number of pyridine rings is 1. The first-order valence-electron chi connectivity index (χ1n) is 5.39. The first-order valence-corrected chi connectivity index (χ1v) is 5.39. The number of carbonyl (C=O) groups excluding carboxylic acids is 1. The maximum atomic E-state index is 11.2. The van der Waals surface area contributed by atoms with Crippen LogP contribution in [0.1, 0.15) is 11.5 Å². The average Bonchev–Trinajstić information content (AvgIpc) is 2.38. The van der Waals surface area contributed by atoms with Crippen LogP contribution < -0.4 is 11.1 Å². The molecule has 0 aromatic carbocycles. The molecule has 1 heterocycles. The molecule has 1 atom stereocenters. The van der Waals surface area contributed by atoms with Crippen molar-refractivity contribution in [3.63, 3.8) is 0 Å². The molecule has 0 fully saturated rings. The fourth-order valence-electron chi connectivity index (χ4n) is 1.35. The van der Waals surface area contributed by atoms with Crippen LogP contribution >= 0.6 is 0 Å². The number of aromatic nitrogens is 1. The van der Waals surface area contributed by atoms with E-state index in [0.717, 1.165) is 5.56 Å². The van der Waals surface area contributed by atoms with Crippen molar-refractivity contribution >= 4 is 6.09 Å². The van der Waals surface area contributed by atoms with Crippen LogP contribution in [0.3, 0.4) is 0 Å². The third-order valence-electron chi connectivity index (χ3n) is 2.27. The maximum Gasteiger partial charge on any atom is 0.407 e. The zero-order chi connectivity index (χ0) is 12.5. The van der Waals surface area contributed by atoms with Crippen molar-refractivity contribution in [3.8, 4) is 0 Å². The van der Waals surface area contributed by atoms with E-state index in [1.165, 1.54) is 6.08 Å². The lowest BCUT2D eigenvalue weighted by molar-refractivity contribution is 0.157. The zero-order valence-corrected chi connectivity index (χ0v) is 9.63. The van der Waals surface area contributed by atoms with Gasteiger partial charge in [0.1, 0.15) is 6.61 Å². The van der Waals surface area contributed by atoms with Gasteiger partial charge in [0.2, 0.25) is 0 Å². The molecule has 0 saturated heterocycles. The quantitative estimate of drug-likeness (QED) is 0.722. The van der Waals surface area contributed by atoms with E-state index in [9.17, 15) is 4.79 Å². The normalized spacial score (nSPS) is 11.6. The molecule has 5 nitrogen and oxygen atoms in total. The summed E-state index contributed by atoms with van der Waals surface area (Å²) >= 11 is 0. The molecule has 0 unspecified atom stereocenters. The van der Waals surface area contributed by atoms with Gasteiger partial charge in [-0.2, -0.15) is 0 Å². The molecule has 3 N–H and O–H groups in total. The molecule has 0 saturated carbocycles. The van der Waals surface area contributed by atoms with Crippen molar-refractivity contribution in [1.82, 2.24) is 10.3 Å². The largest absolute Gasteiger partial charge is 0.445 e. The van der Waals surface area contributed by atoms with E-state index in [2.05, 4.69) is 16.9 Å². The number of amides is 1. The number of rotatable bonds is 6. The first kappa shape index (κ1) is 13.2. The Bertz CT molecular complexity index is 354. The first-order chi connectivity index (χ1) is 8.27. The van der Waals surface area contributed by atoms with Crippen LogP contribution in [-0.4, -0.2) is 30.8 Å². The third kappa shape index (κ3) is 4.65. The van der Waals surface area contributed by atoms with Gasteiger partial charge in [0.15, 0.2) is 0 Å². The Kier molecular flexibility index (Phi) is 5.74. The molecule has 0 spiro atoms. The SMILES string of the molecule is C=CCOC(=O)NC[C@@H](CN)c1cccnc1. The molecule has 0 radical (unpaired) electrons. The summed E-state index contributed by atoms with van der Waals surface area (Å²) in [6.07, 6.45) is 4.49. The topological polar surface area (TPSA) is 77.2 Å². The molecule has 0 aliphatic heterocycles. The summed E-state index contributed by atoms with van der Waals surface area (Å²) in [5.41, 5.74) is 6.65. The Morgan fingerprint density at radius 1 is 1.71 bits per heavy atom. The van der Waals surface area contributed by atoms with Gasteiger partial charge >= 0.3 is 6.09 Å². The summed E-state index contributed by atoms with van der Waals surface area (Å²) in [4.78, 5) is 15.2. The van der Waals surface area contributed by atoms with Crippen molar-refractivity contribution in [1.29, 1.82) is 0 Å². The van der Waals surface area contributed by atoms with Gasteiger partial charge in [0.05, 0.1) is 0 Å². The minimum Gasteiger partial charge on any atom is -0.445 e. The molecular weight excluding hydrogens is 218 g/mol.